The first-order valence-corrected chi connectivity index (χ1v) is 15.3. The molecule has 10 nitrogen and oxygen atoms in total. The van der Waals surface area contributed by atoms with Gasteiger partial charge < -0.3 is 34.6 Å². The normalized spacial score (nSPS) is 23.5. The van der Waals surface area contributed by atoms with Gasteiger partial charge in [0.05, 0.1) is 26.4 Å². The van der Waals surface area contributed by atoms with Crippen molar-refractivity contribution in [3.63, 3.8) is 0 Å². The van der Waals surface area contributed by atoms with Crippen LogP contribution in [-0.4, -0.2) is 85.8 Å². The van der Waals surface area contributed by atoms with Gasteiger partial charge in [0, 0.05) is 38.7 Å². The van der Waals surface area contributed by atoms with Gasteiger partial charge in [-0.3, -0.25) is 9.59 Å². The summed E-state index contributed by atoms with van der Waals surface area (Å²) < 4.78 is 16.5. The van der Waals surface area contributed by atoms with Gasteiger partial charge in [0.15, 0.2) is 11.5 Å². The Morgan fingerprint density at radius 1 is 1.05 bits per heavy atom. The molecule has 1 aliphatic carbocycles. The van der Waals surface area contributed by atoms with Crippen LogP contribution in [0.4, 0.5) is 4.79 Å². The number of nitrogens with one attached hydrogen (secondary N) is 2. The maximum absolute atomic E-state index is 14.0. The Hall–Kier alpha value is -3.01. The molecule has 2 heterocycles. The second kappa shape index (κ2) is 14.8. The molecule has 4 rings (SSSR count). The Morgan fingerprint density at radius 2 is 1.80 bits per heavy atom. The van der Waals surface area contributed by atoms with Crippen molar-refractivity contribution in [2.24, 2.45) is 5.92 Å². The van der Waals surface area contributed by atoms with E-state index in [0.717, 1.165) is 50.7 Å². The van der Waals surface area contributed by atoms with Gasteiger partial charge in [-0.1, -0.05) is 39.2 Å². The lowest BCUT2D eigenvalue weighted by Crippen LogP contribution is -2.66. The fourth-order valence-corrected chi connectivity index (χ4v) is 6.30. The number of amides is 4. The first-order chi connectivity index (χ1) is 19.8. The van der Waals surface area contributed by atoms with Gasteiger partial charge in [-0.05, 0) is 55.7 Å². The number of carbonyl (C=O) groups is 3. The predicted octanol–water partition coefficient (Wildman–Crippen LogP) is 3.86. The molecule has 1 unspecified atom stereocenters. The monoisotopic (exact) mass is 572 g/mol. The van der Waals surface area contributed by atoms with E-state index in [0.29, 0.717) is 31.0 Å². The second-order valence-electron chi connectivity index (χ2n) is 12.0. The average molecular weight is 573 g/mol. The Kier molecular flexibility index (Phi) is 11.1. The van der Waals surface area contributed by atoms with Gasteiger partial charge >= 0.3 is 6.03 Å². The number of methoxy groups -OCH3 is 2. The summed E-state index contributed by atoms with van der Waals surface area (Å²) in [6, 6.07) is 4.37. The summed E-state index contributed by atoms with van der Waals surface area (Å²) in [5.41, 5.74) is 0.890. The molecule has 228 valence electrons. The summed E-state index contributed by atoms with van der Waals surface area (Å²) in [5.74, 6) is 1.16. The molecule has 0 aromatic heterocycles. The summed E-state index contributed by atoms with van der Waals surface area (Å²) in [7, 11) is 3.17. The van der Waals surface area contributed by atoms with E-state index in [9.17, 15) is 14.4 Å². The van der Waals surface area contributed by atoms with Gasteiger partial charge in [0.2, 0.25) is 11.8 Å². The van der Waals surface area contributed by atoms with Crippen LogP contribution < -0.4 is 20.1 Å². The number of carbonyl (C=O) groups excluding carboxylic acids is 3. The van der Waals surface area contributed by atoms with Gasteiger partial charge in [-0.2, -0.15) is 0 Å². The third-order valence-corrected chi connectivity index (χ3v) is 8.41. The van der Waals surface area contributed by atoms with Crippen LogP contribution in [0.25, 0.3) is 0 Å². The van der Waals surface area contributed by atoms with Crippen molar-refractivity contribution < 1.29 is 28.6 Å². The number of hydrogen-bond donors (Lipinski definition) is 2. The zero-order valence-corrected chi connectivity index (χ0v) is 25.2. The van der Waals surface area contributed by atoms with Crippen LogP contribution in [0.3, 0.4) is 0 Å². The SMILES string of the molecule is COc1ccc(CN2C[C@@H](CC(=O)NCC3CCCO3)N(C(=O)NC3CCCCC3)[C@H](CC(C)C)C2=O)cc1OC. The smallest absolute Gasteiger partial charge is 0.318 e. The Bertz CT molecular complexity index is 1040. The van der Waals surface area contributed by atoms with E-state index in [1.807, 2.05) is 18.2 Å². The van der Waals surface area contributed by atoms with Gasteiger partial charge in [0.25, 0.3) is 0 Å². The zero-order chi connectivity index (χ0) is 29.4. The second-order valence-corrected chi connectivity index (χ2v) is 12.0. The molecule has 41 heavy (non-hydrogen) atoms. The van der Waals surface area contributed by atoms with Crippen molar-refractivity contribution in [3.8, 4) is 11.5 Å². The van der Waals surface area contributed by atoms with E-state index in [1.54, 1.807) is 24.0 Å². The average Bonchev–Trinajstić information content (AvgIpc) is 3.48. The summed E-state index contributed by atoms with van der Waals surface area (Å²) in [5, 5.41) is 6.23. The number of hydrogen-bond acceptors (Lipinski definition) is 6. The minimum absolute atomic E-state index is 0.0350. The lowest BCUT2D eigenvalue weighted by molar-refractivity contribution is -0.145. The Morgan fingerprint density at radius 3 is 2.46 bits per heavy atom. The molecule has 3 fully saturated rings. The molecule has 2 N–H and O–H groups in total. The highest BCUT2D eigenvalue weighted by Gasteiger charge is 2.44. The summed E-state index contributed by atoms with van der Waals surface area (Å²) in [6.07, 6.45) is 7.87. The molecule has 1 saturated carbocycles. The summed E-state index contributed by atoms with van der Waals surface area (Å²) >= 11 is 0. The van der Waals surface area contributed by atoms with Crippen LogP contribution in [-0.2, 0) is 20.9 Å². The molecule has 0 spiro atoms. The molecule has 3 atom stereocenters. The van der Waals surface area contributed by atoms with E-state index >= 15 is 0 Å². The van der Waals surface area contributed by atoms with Crippen LogP contribution in [0.2, 0.25) is 0 Å². The van der Waals surface area contributed by atoms with Crippen molar-refractivity contribution in [3.05, 3.63) is 23.8 Å². The van der Waals surface area contributed by atoms with Gasteiger partial charge in [-0.15, -0.1) is 0 Å². The molecule has 2 saturated heterocycles. The third-order valence-electron chi connectivity index (χ3n) is 8.41. The van der Waals surface area contributed by atoms with Crippen LogP contribution in [0, 0.1) is 5.92 Å². The van der Waals surface area contributed by atoms with Crippen LogP contribution in [0.15, 0.2) is 18.2 Å². The fraction of sp³-hybridized carbons (Fsp3) is 0.710. The van der Waals surface area contributed by atoms with Crippen molar-refractivity contribution in [1.82, 2.24) is 20.4 Å². The zero-order valence-electron chi connectivity index (χ0n) is 25.2. The van der Waals surface area contributed by atoms with Crippen molar-refractivity contribution >= 4 is 17.8 Å². The highest BCUT2D eigenvalue weighted by molar-refractivity contribution is 5.89. The molecule has 2 aliphatic heterocycles. The van der Waals surface area contributed by atoms with E-state index in [-0.39, 0.29) is 48.9 Å². The molecule has 4 amide bonds. The number of nitrogens with zero attached hydrogens (tertiary/aromatic N) is 2. The van der Waals surface area contributed by atoms with Crippen LogP contribution >= 0.6 is 0 Å². The van der Waals surface area contributed by atoms with Crippen molar-refractivity contribution in [2.75, 3.05) is 33.9 Å². The first-order valence-electron chi connectivity index (χ1n) is 15.3. The standard InChI is InChI=1S/C31H48N4O6/c1-21(2)15-26-30(37)34(19-22-12-13-27(39-3)28(16-22)40-4)20-24(17-29(36)32-18-25-11-8-14-41-25)35(26)31(38)33-23-9-6-5-7-10-23/h12-13,16,21,23-26H,5-11,14-15,17-20H2,1-4H3,(H,32,36)(H,33,38)/t24-,25?,26-/m1/s1. The topological polar surface area (TPSA) is 109 Å². The molecule has 1 aromatic rings. The van der Waals surface area contributed by atoms with Crippen LogP contribution in [0.1, 0.15) is 77.2 Å². The van der Waals surface area contributed by atoms with Crippen molar-refractivity contribution in [2.45, 2.75) is 102 Å². The maximum Gasteiger partial charge on any atom is 0.318 e. The minimum Gasteiger partial charge on any atom is -0.493 e. The van der Waals surface area contributed by atoms with E-state index in [4.69, 9.17) is 14.2 Å². The molecule has 0 bridgehead atoms. The van der Waals surface area contributed by atoms with Crippen molar-refractivity contribution in [1.29, 1.82) is 0 Å². The lowest BCUT2D eigenvalue weighted by Gasteiger charge is -2.47. The quantitative estimate of drug-likeness (QED) is 0.417. The fourth-order valence-electron chi connectivity index (χ4n) is 6.30. The minimum atomic E-state index is -0.650. The lowest BCUT2D eigenvalue weighted by atomic mass is 9.93. The number of urea groups is 1. The van der Waals surface area contributed by atoms with Gasteiger partial charge in [-0.25, -0.2) is 4.79 Å². The highest BCUT2D eigenvalue weighted by Crippen LogP contribution is 2.31. The number of benzene rings is 1. The Labute approximate surface area is 244 Å². The van der Waals surface area contributed by atoms with E-state index < -0.39 is 12.1 Å². The molecular weight excluding hydrogens is 524 g/mol. The number of piperazine rings is 1. The Balaban J connectivity index is 1.57. The van der Waals surface area contributed by atoms with Gasteiger partial charge in [0.1, 0.15) is 6.04 Å². The largest absolute Gasteiger partial charge is 0.493 e. The van der Waals surface area contributed by atoms with E-state index in [1.165, 1.54) is 6.42 Å². The summed E-state index contributed by atoms with van der Waals surface area (Å²) in [4.78, 5) is 44.5. The third kappa shape index (κ3) is 8.27. The number of rotatable bonds is 11. The maximum atomic E-state index is 14.0. The molecule has 0 radical (unpaired) electrons. The predicted molar refractivity (Wildman–Crippen MR) is 156 cm³/mol. The van der Waals surface area contributed by atoms with Crippen LogP contribution in [0.5, 0.6) is 11.5 Å². The van der Waals surface area contributed by atoms with E-state index in [2.05, 4.69) is 24.5 Å². The highest BCUT2D eigenvalue weighted by atomic mass is 16.5. The first kappa shape index (κ1) is 30.9. The molecule has 10 heteroatoms. The molecule has 3 aliphatic rings. The molecule has 1 aromatic carbocycles. The molecular formula is C31H48N4O6. The number of ether oxygens (including phenoxy) is 3. The summed E-state index contributed by atoms with van der Waals surface area (Å²) in [6.45, 7) is 5.92.